The van der Waals surface area contributed by atoms with E-state index in [4.69, 9.17) is 4.74 Å². The third kappa shape index (κ3) is 3.98. The summed E-state index contributed by atoms with van der Waals surface area (Å²) in [6, 6.07) is 9.41. The zero-order valence-corrected chi connectivity index (χ0v) is 15.0. The fourth-order valence-corrected chi connectivity index (χ4v) is 4.30. The summed E-state index contributed by atoms with van der Waals surface area (Å²) >= 11 is 0. The maximum absolute atomic E-state index is 12.8. The van der Waals surface area contributed by atoms with Gasteiger partial charge >= 0.3 is 0 Å². The van der Waals surface area contributed by atoms with Crippen molar-refractivity contribution < 1.29 is 9.53 Å². The first kappa shape index (κ1) is 17.4. The maximum atomic E-state index is 12.8. The Bertz CT molecular complexity index is 560. The summed E-state index contributed by atoms with van der Waals surface area (Å²) in [7, 11) is 1.76. The van der Waals surface area contributed by atoms with Crippen LogP contribution < -0.4 is 0 Å². The number of ether oxygens (including phenoxy) is 1. The lowest BCUT2D eigenvalue weighted by Crippen LogP contribution is -2.49. The van der Waals surface area contributed by atoms with E-state index in [1.54, 1.807) is 7.11 Å². The molecule has 0 bridgehead atoms. The van der Waals surface area contributed by atoms with Crippen molar-refractivity contribution in [3.05, 3.63) is 35.4 Å². The monoisotopic (exact) mass is 330 g/mol. The van der Waals surface area contributed by atoms with Gasteiger partial charge in [0.2, 0.25) is 5.91 Å². The Hall–Kier alpha value is -1.39. The molecule has 2 heterocycles. The molecule has 1 aromatic carbocycles. The lowest BCUT2D eigenvalue weighted by atomic mass is 9.96. The van der Waals surface area contributed by atoms with Crippen molar-refractivity contribution in [1.29, 1.82) is 0 Å². The van der Waals surface area contributed by atoms with E-state index < -0.39 is 0 Å². The van der Waals surface area contributed by atoms with Crippen molar-refractivity contribution in [3.8, 4) is 0 Å². The number of likely N-dealkylation sites (tertiary alicyclic amines) is 2. The van der Waals surface area contributed by atoms with Crippen molar-refractivity contribution in [2.75, 3.05) is 26.8 Å². The Balaban J connectivity index is 1.78. The van der Waals surface area contributed by atoms with E-state index in [2.05, 4.69) is 41.0 Å². The van der Waals surface area contributed by atoms with Crippen LogP contribution in [0.1, 0.15) is 43.2 Å². The predicted octanol–water partition coefficient (Wildman–Crippen LogP) is 2.99. The summed E-state index contributed by atoms with van der Waals surface area (Å²) in [5.74, 6) is 0.333. The largest absolute Gasteiger partial charge is 0.383 e. The van der Waals surface area contributed by atoms with Crippen LogP contribution >= 0.6 is 0 Å². The van der Waals surface area contributed by atoms with Gasteiger partial charge < -0.3 is 9.64 Å². The minimum atomic E-state index is 0.333. The first-order valence-electron chi connectivity index (χ1n) is 9.27. The van der Waals surface area contributed by atoms with Gasteiger partial charge in [0, 0.05) is 45.2 Å². The molecule has 24 heavy (non-hydrogen) atoms. The zero-order valence-electron chi connectivity index (χ0n) is 15.0. The fourth-order valence-electron chi connectivity index (χ4n) is 4.30. The van der Waals surface area contributed by atoms with Crippen LogP contribution in [0.15, 0.2) is 24.3 Å². The molecule has 0 aliphatic carbocycles. The number of carbonyl (C=O) groups is 1. The molecule has 0 aromatic heterocycles. The molecular formula is C20H30N2O2. The van der Waals surface area contributed by atoms with Crippen LogP contribution in [0.2, 0.25) is 0 Å². The number of amides is 1. The number of aryl methyl sites for hydroxylation is 1. The Morgan fingerprint density at radius 2 is 2.08 bits per heavy atom. The smallest absolute Gasteiger partial charge is 0.223 e. The van der Waals surface area contributed by atoms with Gasteiger partial charge in [-0.1, -0.05) is 36.2 Å². The molecule has 2 saturated heterocycles. The number of hydrogen-bond acceptors (Lipinski definition) is 3. The summed E-state index contributed by atoms with van der Waals surface area (Å²) in [6.45, 7) is 5.69. The van der Waals surface area contributed by atoms with Gasteiger partial charge in [-0.25, -0.2) is 0 Å². The first-order valence-corrected chi connectivity index (χ1v) is 9.27. The molecule has 0 saturated carbocycles. The molecule has 4 heteroatoms. The van der Waals surface area contributed by atoms with Gasteiger partial charge in [0.05, 0.1) is 6.61 Å². The number of nitrogens with zero attached hydrogens (tertiary/aromatic N) is 2. The van der Waals surface area contributed by atoms with Crippen LogP contribution in [-0.2, 0) is 16.1 Å². The summed E-state index contributed by atoms with van der Waals surface area (Å²) in [5, 5.41) is 0. The van der Waals surface area contributed by atoms with Gasteiger partial charge in [-0.15, -0.1) is 0 Å². The van der Waals surface area contributed by atoms with Crippen molar-refractivity contribution in [1.82, 2.24) is 9.80 Å². The van der Waals surface area contributed by atoms with Crippen LogP contribution in [0.25, 0.3) is 0 Å². The van der Waals surface area contributed by atoms with Crippen LogP contribution in [0.3, 0.4) is 0 Å². The second kappa shape index (κ2) is 8.13. The summed E-state index contributed by atoms with van der Waals surface area (Å²) in [5.41, 5.74) is 2.51. The molecule has 0 N–H and O–H groups in total. The van der Waals surface area contributed by atoms with Gasteiger partial charge in [0.1, 0.15) is 0 Å². The van der Waals surface area contributed by atoms with Crippen LogP contribution in [0, 0.1) is 6.92 Å². The number of hydrogen-bond donors (Lipinski definition) is 0. The number of rotatable bonds is 5. The highest BCUT2D eigenvalue weighted by Gasteiger charge is 2.39. The van der Waals surface area contributed by atoms with Crippen LogP contribution in [0.4, 0.5) is 0 Å². The lowest BCUT2D eigenvalue weighted by Gasteiger charge is -2.37. The van der Waals surface area contributed by atoms with E-state index in [1.165, 1.54) is 17.5 Å². The minimum Gasteiger partial charge on any atom is -0.383 e. The van der Waals surface area contributed by atoms with E-state index >= 15 is 0 Å². The highest BCUT2D eigenvalue weighted by molar-refractivity contribution is 5.76. The Morgan fingerprint density at radius 1 is 1.21 bits per heavy atom. The molecule has 2 aliphatic heterocycles. The predicted molar refractivity (Wildman–Crippen MR) is 95.8 cm³/mol. The first-order chi connectivity index (χ1) is 11.7. The van der Waals surface area contributed by atoms with E-state index in [9.17, 15) is 4.79 Å². The fraction of sp³-hybridized carbons (Fsp3) is 0.650. The molecule has 2 aliphatic rings. The summed E-state index contributed by atoms with van der Waals surface area (Å²) in [6.07, 6.45) is 5.17. The molecule has 132 valence electrons. The average molecular weight is 330 g/mol. The molecule has 0 unspecified atom stereocenters. The van der Waals surface area contributed by atoms with E-state index in [1.807, 2.05) is 0 Å². The van der Waals surface area contributed by atoms with Gasteiger partial charge in [-0.2, -0.15) is 0 Å². The van der Waals surface area contributed by atoms with Gasteiger partial charge in [0.15, 0.2) is 0 Å². The second-order valence-corrected chi connectivity index (χ2v) is 7.21. The third-order valence-electron chi connectivity index (χ3n) is 5.50. The highest BCUT2D eigenvalue weighted by atomic mass is 16.5. The molecule has 0 spiro atoms. The molecule has 3 rings (SSSR count). The topological polar surface area (TPSA) is 32.8 Å². The van der Waals surface area contributed by atoms with Crippen molar-refractivity contribution in [2.45, 2.75) is 57.7 Å². The van der Waals surface area contributed by atoms with Crippen LogP contribution in [-0.4, -0.2) is 54.6 Å². The molecule has 0 radical (unpaired) electrons. The molecule has 4 nitrogen and oxygen atoms in total. The minimum absolute atomic E-state index is 0.333. The molecule has 2 atom stereocenters. The van der Waals surface area contributed by atoms with Crippen LogP contribution in [0.5, 0.6) is 0 Å². The third-order valence-corrected chi connectivity index (χ3v) is 5.50. The normalized spacial score (nSPS) is 25.4. The summed E-state index contributed by atoms with van der Waals surface area (Å²) < 4.78 is 5.27. The second-order valence-electron chi connectivity index (χ2n) is 7.21. The Labute approximate surface area is 145 Å². The molecule has 2 fully saturated rings. The number of fused-ring (bicyclic) bond motifs is 1. The number of benzene rings is 1. The standard InChI is InChI=1S/C20H30N2O2/c1-16-6-5-7-17(14-16)15-22-19-10-11-21(12-13-24-2)18(19)8-3-4-9-20(22)23/h5-7,14,18-19H,3-4,8-13,15H2,1-2H3/t18-,19+/m0/s1. The number of carbonyl (C=O) groups excluding carboxylic acids is 1. The molecular weight excluding hydrogens is 300 g/mol. The Morgan fingerprint density at radius 3 is 2.88 bits per heavy atom. The maximum Gasteiger partial charge on any atom is 0.223 e. The van der Waals surface area contributed by atoms with Crippen molar-refractivity contribution >= 4 is 5.91 Å². The van der Waals surface area contributed by atoms with Gasteiger partial charge in [-0.3, -0.25) is 9.69 Å². The van der Waals surface area contributed by atoms with E-state index in [0.29, 0.717) is 24.4 Å². The number of methoxy groups -OCH3 is 1. The Kier molecular flexibility index (Phi) is 5.90. The lowest BCUT2D eigenvalue weighted by molar-refractivity contribution is -0.135. The summed E-state index contributed by atoms with van der Waals surface area (Å²) in [4.78, 5) is 17.5. The van der Waals surface area contributed by atoms with E-state index in [0.717, 1.165) is 45.5 Å². The van der Waals surface area contributed by atoms with Gasteiger partial charge in [0.25, 0.3) is 0 Å². The van der Waals surface area contributed by atoms with E-state index in [-0.39, 0.29) is 0 Å². The average Bonchev–Trinajstić information content (AvgIpc) is 2.95. The molecule has 1 amide bonds. The van der Waals surface area contributed by atoms with Gasteiger partial charge in [-0.05, 0) is 31.7 Å². The van der Waals surface area contributed by atoms with Crippen molar-refractivity contribution in [3.63, 3.8) is 0 Å². The molecule has 1 aromatic rings. The quantitative estimate of drug-likeness (QED) is 0.832. The zero-order chi connectivity index (χ0) is 16.9. The SMILES string of the molecule is COCCN1CC[C@@H]2[C@@H]1CCCCC(=O)N2Cc1cccc(C)c1. The highest BCUT2D eigenvalue weighted by Crippen LogP contribution is 2.31. The van der Waals surface area contributed by atoms with Crippen molar-refractivity contribution in [2.24, 2.45) is 0 Å².